The third-order valence-corrected chi connectivity index (χ3v) is 21.8. The molecule has 19 nitrogen and oxygen atoms in total. The van der Waals surface area contributed by atoms with E-state index in [-0.39, 0.29) is 82.8 Å². The van der Waals surface area contributed by atoms with Gasteiger partial charge < -0.3 is 45.8 Å². The summed E-state index contributed by atoms with van der Waals surface area (Å²) >= 11 is 0. The van der Waals surface area contributed by atoms with Crippen molar-refractivity contribution in [3.8, 4) is 0 Å². The van der Waals surface area contributed by atoms with Crippen LogP contribution in [0, 0.1) is 29.6 Å². The second-order valence-corrected chi connectivity index (χ2v) is 31.7. The van der Waals surface area contributed by atoms with E-state index in [1.165, 1.54) is 173 Å². The van der Waals surface area contributed by atoms with E-state index in [0.717, 1.165) is 162 Å². The summed E-state index contributed by atoms with van der Waals surface area (Å²) in [5, 5.41) is 11.8. The van der Waals surface area contributed by atoms with Crippen LogP contribution in [-0.2, 0) is 47.9 Å². The lowest BCUT2D eigenvalue weighted by Gasteiger charge is -2.16. The minimum atomic E-state index is -0.133. The molecule has 0 saturated carbocycles. The predicted molar refractivity (Wildman–Crippen MR) is 440 cm³/mol. The SMILES string of the molecule is CCCCCCC(=O)C1CC(=O)N(CC)C1.CCCCCCCCCCCCCCCCN1CC(C(=O)NCCCC)CC1=O.CCCCCCCCCCCCN1CC(C(=O)NCCCC)CC1=O.CCCCCCN1CC(C(=O)NCCCCC)CC1=O.CCCCCNC(=O)C1CC(=O)N(CCC)C1. The average molecular weight is 1510 g/mol. The average Bonchev–Trinajstić information content (AvgIpc) is 1.76. The van der Waals surface area contributed by atoms with Crippen molar-refractivity contribution in [1.29, 1.82) is 0 Å². The second kappa shape index (κ2) is 67.8. The first kappa shape index (κ1) is 99.9. The number of ketones is 1. The van der Waals surface area contributed by atoms with Crippen molar-refractivity contribution >= 4 is 58.9 Å². The maximum Gasteiger partial charge on any atom is 0.225 e. The van der Waals surface area contributed by atoms with E-state index in [1.54, 1.807) is 9.80 Å². The molecule has 0 spiro atoms. The van der Waals surface area contributed by atoms with Crippen LogP contribution in [0.4, 0.5) is 0 Å². The highest BCUT2D eigenvalue weighted by Gasteiger charge is 2.37. The molecule has 9 amide bonds. The number of carbonyl (C=O) groups excluding carboxylic acids is 10. The molecule has 0 radical (unpaired) electrons. The Morgan fingerprint density at radius 1 is 0.243 bits per heavy atom. The summed E-state index contributed by atoms with van der Waals surface area (Å²) in [4.78, 5) is 128. The quantitative estimate of drug-likeness (QED) is 0.0420. The topological polar surface area (TPSA) is 235 Å². The van der Waals surface area contributed by atoms with E-state index >= 15 is 0 Å². The Labute approximate surface area is 654 Å². The largest absolute Gasteiger partial charge is 0.356 e. The lowest BCUT2D eigenvalue weighted by molar-refractivity contribution is -0.129. The smallest absolute Gasteiger partial charge is 0.225 e. The fourth-order valence-corrected chi connectivity index (χ4v) is 14.7. The molecular weight excluding hydrogens is 1340 g/mol. The van der Waals surface area contributed by atoms with Crippen molar-refractivity contribution in [3.05, 3.63) is 0 Å². The molecule has 0 aromatic carbocycles. The van der Waals surface area contributed by atoms with Crippen LogP contribution < -0.4 is 21.3 Å². The number of nitrogens with one attached hydrogen (secondary N) is 4. The van der Waals surface area contributed by atoms with Gasteiger partial charge in [-0.15, -0.1) is 0 Å². The van der Waals surface area contributed by atoms with Crippen molar-refractivity contribution < 1.29 is 47.9 Å². The molecule has 5 atom stereocenters. The molecule has 19 heteroatoms. The molecule has 0 aliphatic carbocycles. The summed E-state index contributed by atoms with van der Waals surface area (Å²) < 4.78 is 0. The zero-order valence-corrected chi connectivity index (χ0v) is 70.8. The third-order valence-electron chi connectivity index (χ3n) is 21.8. The Hall–Kier alpha value is -5.10. The first-order valence-corrected chi connectivity index (χ1v) is 45.0. The van der Waals surface area contributed by atoms with Gasteiger partial charge in [-0.2, -0.15) is 0 Å². The first-order chi connectivity index (χ1) is 51.9. The number of Topliss-reactive ketones (excluding diaryl/α,β-unsaturated/α-hetero) is 1. The highest BCUT2D eigenvalue weighted by atomic mass is 16.2. The summed E-state index contributed by atoms with van der Waals surface area (Å²) in [7, 11) is 0. The summed E-state index contributed by atoms with van der Waals surface area (Å²) in [5.74, 6) is 0.729. The van der Waals surface area contributed by atoms with Gasteiger partial charge in [0.15, 0.2) is 0 Å². The van der Waals surface area contributed by atoms with E-state index in [4.69, 9.17) is 0 Å². The highest BCUT2D eigenvalue weighted by molar-refractivity contribution is 5.92. The number of carbonyl (C=O) groups is 10. The number of amides is 9. The van der Waals surface area contributed by atoms with Crippen LogP contribution in [0.25, 0.3) is 0 Å². The number of hydrogen-bond acceptors (Lipinski definition) is 10. The number of unbranched alkanes of at least 4 members (excludes halogenated alkanes) is 34. The zero-order chi connectivity index (χ0) is 78.9. The fourth-order valence-electron chi connectivity index (χ4n) is 14.7. The molecular formula is C88H165N9O10. The van der Waals surface area contributed by atoms with E-state index in [9.17, 15) is 47.9 Å². The molecule has 5 heterocycles. The van der Waals surface area contributed by atoms with Gasteiger partial charge in [-0.3, -0.25) is 47.9 Å². The fraction of sp³-hybridized carbons (Fsp3) is 0.886. The molecule has 4 N–H and O–H groups in total. The van der Waals surface area contributed by atoms with Gasteiger partial charge in [-0.1, -0.05) is 281 Å². The number of rotatable bonds is 58. The van der Waals surface area contributed by atoms with Crippen LogP contribution in [0.2, 0.25) is 0 Å². The molecule has 5 unspecified atom stereocenters. The zero-order valence-electron chi connectivity index (χ0n) is 70.8. The highest BCUT2D eigenvalue weighted by Crippen LogP contribution is 2.25. The van der Waals surface area contributed by atoms with Gasteiger partial charge in [0, 0.05) is 136 Å². The molecule has 0 aromatic heterocycles. The molecule has 622 valence electrons. The minimum Gasteiger partial charge on any atom is -0.356 e. The summed E-state index contributed by atoms with van der Waals surface area (Å²) in [6, 6.07) is 0. The molecule has 5 fully saturated rings. The Morgan fingerprint density at radius 3 is 0.729 bits per heavy atom. The Balaban J connectivity index is 0.000000680. The number of nitrogens with zero attached hydrogens (tertiary/aromatic N) is 5. The Bertz CT molecular complexity index is 2340. The van der Waals surface area contributed by atoms with E-state index in [0.29, 0.717) is 77.0 Å². The van der Waals surface area contributed by atoms with Gasteiger partial charge in [-0.05, 0) is 64.7 Å². The van der Waals surface area contributed by atoms with E-state index in [2.05, 4.69) is 76.7 Å². The predicted octanol–water partition coefficient (Wildman–Crippen LogP) is 17.6. The van der Waals surface area contributed by atoms with Crippen LogP contribution in [0.1, 0.15) is 384 Å². The van der Waals surface area contributed by atoms with Gasteiger partial charge in [0.05, 0.1) is 23.7 Å². The van der Waals surface area contributed by atoms with Crippen molar-refractivity contribution in [2.24, 2.45) is 29.6 Å². The van der Waals surface area contributed by atoms with Gasteiger partial charge in [0.2, 0.25) is 53.2 Å². The summed E-state index contributed by atoms with van der Waals surface area (Å²) in [6.45, 7) is 31.5. The monoisotopic (exact) mass is 1510 g/mol. The van der Waals surface area contributed by atoms with Gasteiger partial charge in [0.25, 0.3) is 0 Å². The maximum absolute atomic E-state index is 12.1. The number of likely N-dealkylation sites (tertiary alicyclic amines) is 5. The van der Waals surface area contributed by atoms with Crippen LogP contribution in [0.15, 0.2) is 0 Å². The summed E-state index contributed by atoms with van der Waals surface area (Å²) in [6.07, 6.45) is 55.6. The van der Waals surface area contributed by atoms with Crippen molar-refractivity contribution in [2.75, 3.05) is 91.6 Å². The third kappa shape index (κ3) is 49.0. The van der Waals surface area contributed by atoms with Gasteiger partial charge in [-0.25, -0.2) is 0 Å². The molecule has 5 aliphatic heterocycles. The molecule has 107 heavy (non-hydrogen) atoms. The Kier molecular flexibility index (Phi) is 63.3. The maximum atomic E-state index is 12.1. The lowest BCUT2D eigenvalue weighted by Crippen LogP contribution is -2.33. The van der Waals surface area contributed by atoms with Crippen LogP contribution in [-0.4, -0.2) is 175 Å². The van der Waals surface area contributed by atoms with Crippen LogP contribution >= 0.6 is 0 Å². The van der Waals surface area contributed by atoms with E-state index in [1.807, 2.05) is 28.5 Å². The number of hydrogen-bond donors (Lipinski definition) is 4. The van der Waals surface area contributed by atoms with Crippen molar-refractivity contribution in [2.45, 2.75) is 384 Å². The molecule has 0 aromatic rings. The first-order valence-electron chi connectivity index (χ1n) is 45.0. The van der Waals surface area contributed by atoms with Gasteiger partial charge in [0.1, 0.15) is 5.78 Å². The van der Waals surface area contributed by atoms with Crippen LogP contribution in [0.5, 0.6) is 0 Å². The Morgan fingerprint density at radius 2 is 0.458 bits per heavy atom. The minimum absolute atomic E-state index is 0.0194. The normalized spacial score (nSPS) is 18.2. The second-order valence-electron chi connectivity index (χ2n) is 31.7. The lowest BCUT2D eigenvalue weighted by atomic mass is 9.98. The van der Waals surface area contributed by atoms with Crippen molar-refractivity contribution in [1.82, 2.24) is 45.8 Å². The van der Waals surface area contributed by atoms with Crippen LogP contribution in [0.3, 0.4) is 0 Å². The standard InChI is InChI=1S/C25H48N2O2.C21H40N2O2.C16H30N2O2.C13H24N2O2.C13H23NO2/c1-3-5-7-8-9-10-11-12-13-14-15-16-17-18-20-27-22-23(21-24(27)28)25(29)26-19-6-4-2;1-3-5-7-8-9-10-11-12-13-14-16-23-18-19(17-20(23)24)21(25)22-15-6-4-2;1-3-5-7-9-11-18-13-14(12-15(18)19)16(20)17-10-8-6-4-2;1-3-5-6-7-14-13(17)11-9-12(16)15(10-11)8-4-2;1-3-5-6-7-8-12(15)11-9-13(16)14(4-2)10-11/h23H,3-22H2,1-2H3,(H,26,29);19H,3-18H2,1-2H3,(H,22,25);14H,3-13H2,1-2H3,(H,17,20);11H,3-10H2,1-2H3,(H,14,17);11H,3-10H2,1-2H3. The molecule has 5 aliphatic rings. The van der Waals surface area contributed by atoms with E-state index < -0.39 is 0 Å². The molecule has 5 saturated heterocycles. The molecule has 5 rings (SSSR count). The molecule has 0 bridgehead atoms. The summed E-state index contributed by atoms with van der Waals surface area (Å²) in [5.41, 5.74) is 0. The van der Waals surface area contributed by atoms with Crippen molar-refractivity contribution in [3.63, 3.8) is 0 Å². The van der Waals surface area contributed by atoms with Gasteiger partial charge >= 0.3 is 0 Å².